The lowest BCUT2D eigenvalue weighted by Crippen LogP contribution is -2.41. The third kappa shape index (κ3) is 5.25. The number of carbonyl (C=O) groups is 1. The number of amides is 1. The van der Waals surface area contributed by atoms with Crippen molar-refractivity contribution in [2.24, 2.45) is 5.92 Å². The molecular weight excluding hydrogens is 389 g/mol. The first-order valence-corrected chi connectivity index (χ1v) is 10.1. The molecule has 4 nitrogen and oxygen atoms in total. The Kier molecular flexibility index (Phi) is 6.27. The van der Waals surface area contributed by atoms with Crippen molar-refractivity contribution in [3.63, 3.8) is 0 Å². The molecular formula is C20H23F3N2O2S. The average molecular weight is 412 g/mol. The number of hydrogen-bond acceptors (Lipinski definition) is 4. The largest absolute Gasteiger partial charge is 0.486 e. The molecule has 1 aliphatic carbocycles. The highest BCUT2D eigenvalue weighted by Gasteiger charge is 2.42. The van der Waals surface area contributed by atoms with Gasteiger partial charge < -0.3 is 10.1 Å². The zero-order valence-electron chi connectivity index (χ0n) is 15.8. The van der Waals surface area contributed by atoms with Gasteiger partial charge in [0.05, 0.1) is 11.6 Å². The van der Waals surface area contributed by atoms with Crippen molar-refractivity contribution in [3.05, 3.63) is 45.4 Å². The maximum Gasteiger partial charge on any atom is 0.391 e. The van der Waals surface area contributed by atoms with E-state index in [2.05, 4.69) is 10.3 Å². The molecule has 28 heavy (non-hydrogen) atoms. The van der Waals surface area contributed by atoms with Crippen LogP contribution >= 0.6 is 11.3 Å². The number of nitrogens with one attached hydrogen (secondary N) is 1. The summed E-state index contributed by atoms with van der Waals surface area (Å²) in [5.74, 6) is -0.984. The summed E-state index contributed by atoms with van der Waals surface area (Å²) in [5.41, 5.74) is 1.69. The van der Waals surface area contributed by atoms with Gasteiger partial charge in [-0.2, -0.15) is 13.2 Å². The number of nitrogens with zero attached hydrogens (tertiary/aromatic N) is 1. The van der Waals surface area contributed by atoms with Gasteiger partial charge in [-0.1, -0.05) is 24.1 Å². The van der Waals surface area contributed by atoms with Gasteiger partial charge >= 0.3 is 6.18 Å². The monoisotopic (exact) mass is 412 g/mol. The van der Waals surface area contributed by atoms with E-state index in [4.69, 9.17) is 4.74 Å². The van der Waals surface area contributed by atoms with Crippen LogP contribution in [0.3, 0.4) is 0 Å². The van der Waals surface area contributed by atoms with Crippen molar-refractivity contribution < 1.29 is 22.7 Å². The summed E-state index contributed by atoms with van der Waals surface area (Å²) >= 11 is 1.21. The second kappa shape index (κ2) is 8.51. The summed E-state index contributed by atoms with van der Waals surface area (Å²) in [4.78, 5) is 17.3. The molecule has 1 N–H and O–H groups in total. The van der Waals surface area contributed by atoms with Gasteiger partial charge in [0, 0.05) is 6.04 Å². The summed E-state index contributed by atoms with van der Waals surface area (Å²) in [5, 5.41) is 3.41. The molecule has 2 aromatic rings. The molecule has 0 spiro atoms. The predicted octanol–water partition coefficient (Wildman–Crippen LogP) is 5.19. The Morgan fingerprint density at radius 1 is 1.25 bits per heavy atom. The minimum Gasteiger partial charge on any atom is -0.486 e. The van der Waals surface area contributed by atoms with Crippen molar-refractivity contribution in [2.75, 3.05) is 0 Å². The Bertz CT molecular complexity index is 818. The fourth-order valence-electron chi connectivity index (χ4n) is 3.37. The van der Waals surface area contributed by atoms with Gasteiger partial charge in [-0.05, 0) is 45.2 Å². The van der Waals surface area contributed by atoms with Crippen LogP contribution in [0.2, 0.25) is 0 Å². The van der Waals surface area contributed by atoms with Gasteiger partial charge in [0.2, 0.25) is 0 Å². The van der Waals surface area contributed by atoms with E-state index in [9.17, 15) is 18.0 Å². The Hall–Kier alpha value is -2.09. The molecule has 1 amide bonds. The first kappa shape index (κ1) is 20.6. The molecule has 3 rings (SSSR count). The Balaban J connectivity index is 1.59. The predicted molar refractivity (Wildman–Crippen MR) is 102 cm³/mol. The highest BCUT2D eigenvalue weighted by Crippen LogP contribution is 2.37. The summed E-state index contributed by atoms with van der Waals surface area (Å²) in [6, 6.07) is 7.16. The number of halogens is 3. The van der Waals surface area contributed by atoms with E-state index in [1.807, 2.05) is 31.2 Å². The average Bonchev–Trinajstić information content (AvgIpc) is 3.02. The van der Waals surface area contributed by atoms with E-state index in [1.165, 1.54) is 11.3 Å². The quantitative estimate of drug-likeness (QED) is 0.735. The van der Waals surface area contributed by atoms with Crippen LogP contribution in [0.1, 0.15) is 51.6 Å². The van der Waals surface area contributed by atoms with Gasteiger partial charge in [-0.25, -0.2) is 4.98 Å². The maximum absolute atomic E-state index is 13.0. The summed E-state index contributed by atoms with van der Waals surface area (Å²) in [6.45, 7) is 3.95. The Morgan fingerprint density at radius 2 is 1.96 bits per heavy atom. The Labute approximate surface area is 166 Å². The summed E-state index contributed by atoms with van der Waals surface area (Å²) in [7, 11) is 0. The zero-order valence-corrected chi connectivity index (χ0v) is 16.6. The molecule has 0 bridgehead atoms. The number of alkyl halides is 3. The van der Waals surface area contributed by atoms with E-state index in [1.54, 1.807) is 6.92 Å². The molecule has 0 saturated heterocycles. The maximum atomic E-state index is 13.0. The first-order valence-electron chi connectivity index (χ1n) is 9.25. The lowest BCUT2D eigenvalue weighted by molar-refractivity contribution is -0.183. The minimum absolute atomic E-state index is 0.0590. The van der Waals surface area contributed by atoms with Crippen LogP contribution in [-0.2, 0) is 6.61 Å². The topological polar surface area (TPSA) is 51.2 Å². The van der Waals surface area contributed by atoms with Crippen LogP contribution in [0.25, 0.3) is 0 Å². The van der Waals surface area contributed by atoms with E-state index in [0.29, 0.717) is 34.2 Å². The number of ether oxygens (including phenoxy) is 1. The number of thiazole rings is 1. The standard InChI is InChI=1S/C20H23F3N2O2S/c1-12-6-8-16(9-7-12)27-11-17-24-13(2)18(28-17)19(26)25-15-5-3-4-14(10-15)20(21,22)23/h6-9,14-15H,3-5,10-11H2,1-2H3,(H,25,26). The summed E-state index contributed by atoms with van der Waals surface area (Å²) < 4.78 is 44.6. The molecule has 1 fully saturated rings. The van der Waals surface area contributed by atoms with Gasteiger partial charge in [-0.3, -0.25) is 4.79 Å². The number of aryl methyl sites for hydroxylation is 2. The first-order chi connectivity index (χ1) is 13.2. The molecule has 0 aliphatic heterocycles. The number of aromatic nitrogens is 1. The van der Waals surface area contributed by atoms with E-state index in [-0.39, 0.29) is 25.4 Å². The van der Waals surface area contributed by atoms with Gasteiger partial charge in [0.15, 0.2) is 0 Å². The van der Waals surface area contributed by atoms with E-state index in [0.717, 1.165) is 5.56 Å². The van der Waals surface area contributed by atoms with Gasteiger partial charge in [0.1, 0.15) is 22.2 Å². The van der Waals surface area contributed by atoms with Crippen LogP contribution < -0.4 is 10.1 Å². The highest BCUT2D eigenvalue weighted by atomic mass is 32.1. The molecule has 0 radical (unpaired) electrons. The number of benzene rings is 1. The van der Waals surface area contributed by atoms with Crippen LogP contribution in [0.5, 0.6) is 5.75 Å². The smallest absolute Gasteiger partial charge is 0.391 e. The van der Waals surface area contributed by atoms with Crippen molar-refractivity contribution in [1.82, 2.24) is 10.3 Å². The molecule has 2 atom stereocenters. The molecule has 1 aliphatic rings. The number of rotatable bonds is 5. The van der Waals surface area contributed by atoms with Crippen LogP contribution in [-0.4, -0.2) is 23.1 Å². The third-order valence-corrected chi connectivity index (χ3v) is 6.03. The lowest BCUT2D eigenvalue weighted by atomic mass is 9.85. The molecule has 1 aromatic carbocycles. The Morgan fingerprint density at radius 3 is 2.64 bits per heavy atom. The third-order valence-electron chi connectivity index (χ3n) is 4.90. The van der Waals surface area contributed by atoms with Gasteiger partial charge in [-0.15, -0.1) is 11.3 Å². The number of hydrogen-bond donors (Lipinski definition) is 1. The number of carbonyl (C=O) groups excluding carboxylic acids is 1. The molecule has 1 saturated carbocycles. The van der Waals surface area contributed by atoms with Crippen molar-refractivity contribution in [2.45, 2.75) is 58.4 Å². The van der Waals surface area contributed by atoms with E-state index < -0.39 is 18.1 Å². The lowest BCUT2D eigenvalue weighted by Gasteiger charge is -2.30. The second-order valence-electron chi connectivity index (χ2n) is 7.20. The van der Waals surface area contributed by atoms with Crippen molar-refractivity contribution in [3.8, 4) is 5.75 Å². The van der Waals surface area contributed by atoms with Gasteiger partial charge in [0.25, 0.3) is 5.91 Å². The van der Waals surface area contributed by atoms with E-state index >= 15 is 0 Å². The highest BCUT2D eigenvalue weighted by molar-refractivity contribution is 7.13. The van der Waals surface area contributed by atoms with Crippen LogP contribution in [0.4, 0.5) is 13.2 Å². The molecule has 152 valence electrons. The summed E-state index contributed by atoms with van der Waals surface area (Å²) in [6.07, 6.45) is -3.09. The zero-order chi connectivity index (χ0) is 20.3. The van der Waals surface area contributed by atoms with Crippen molar-refractivity contribution in [1.29, 1.82) is 0 Å². The SMILES string of the molecule is Cc1ccc(OCc2nc(C)c(C(=O)NC3CCCC(C(F)(F)F)C3)s2)cc1. The fourth-order valence-corrected chi connectivity index (χ4v) is 4.25. The molecule has 1 heterocycles. The molecule has 1 aromatic heterocycles. The van der Waals surface area contributed by atoms with Crippen molar-refractivity contribution >= 4 is 17.2 Å². The molecule has 8 heteroatoms. The minimum atomic E-state index is -4.20. The molecule has 2 unspecified atom stereocenters. The van der Waals surface area contributed by atoms with Crippen LogP contribution in [0.15, 0.2) is 24.3 Å². The second-order valence-corrected chi connectivity index (χ2v) is 8.28. The fraction of sp³-hybridized carbons (Fsp3) is 0.500. The van der Waals surface area contributed by atoms with Crippen LogP contribution in [0, 0.1) is 19.8 Å². The normalized spacial score (nSPS) is 20.0.